The van der Waals surface area contributed by atoms with E-state index in [0.29, 0.717) is 5.92 Å². The van der Waals surface area contributed by atoms with Gasteiger partial charge in [-0.15, -0.1) is 10.2 Å². The van der Waals surface area contributed by atoms with Crippen LogP contribution < -0.4 is 5.32 Å². The number of aliphatic hydroxyl groups excluding tert-OH is 1. The molecule has 4 nitrogen and oxygen atoms in total. The van der Waals surface area contributed by atoms with E-state index in [2.05, 4.69) is 15.5 Å². The summed E-state index contributed by atoms with van der Waals surface area (Å²) in [5.41, 5.74) is 1.58. The van der Waals surface area contributed by atoms with Gasteiger partial charge in [0.15, 0.2) is 0 Å². The van der Waals surface area contributed by atoms with Crippen LogP contribution in [0.3, 0.4) is 0 Å². The molecule has 0 radical (unpaired) electrons. The van der Waals surface area contributed by atoms with E-state index >= 15 is 0 Å². The fraction of sp³-hybridized carbons (Fsp3) is 0.474. The lowest BCUT2D eigenvalue weighted by atomic mass is 9.83. The van der Waals surface area contributed by atoms with E-state index in [4.69, 9.17) is 0 Å². The first kappa shape index (κ1) is 16.8. The molecule has 0 bridgehead atoms. The van der Waals surface area contributed by atoms with E-state index in [0.717, 1.165) is 55.7 Å². The maximum atomic E-state index is 12.9. The summed E-state index contributed by atoms with van der Waals surface area (Å²) >= 11 is 0. The van der Waals surface area contributed by atoms with Crippen LogP contribution in [0.15, 0.2) is 36.4 Å². The molecular weight excluding hydrogens is 305 g/mol. The summed E-state index contributed by atoms with van der Waals surface area (Å²) in [5, 5.41) is 21.6. The van der Waals surface area contributed by atoms with Gasteiger partial charge in [-0.1, -0.05) is 12.8 Å². The number of benzene rings is 1. The summed E-state index contributed by atoms with van der Waals surface area (Å²) in [5.74, 6) is 0.936. The van der Waals surface area contributed by atoms with Crippen LogP contribution in [0.4, 0.5) is 10.2 Å². The largest absolute Gasteiger partial charge is 0.393 e. The zero-order chi connectivity index (χ0) is 16.8. The van der Waals surface area contributed by atoms with Crippen LogP contribution in [0.25, 0.3) is 11.3 Å². The van der Waals surface area contributed by atoms with Gasteiger partial charge in [-0.25, -0.2) is 4.39 Å². The van der Waals surface area contributed by atoms with Gasteiger partial charge in [-0.2, -0.15) is 0 Å². The highest BCUT2D eigenvalue weighted by Crippen LogP contribution is 2.27. The molecule has 2 N–H and O–H groups in total. The van der Waals surface area contributed by atoms with Gasteiger partial charge in [-0.05, 0) is 68.0 Å². The lowest BCUT2D eigenvalue weighted by Gasteiger charge is -2.27. The molecule has 1 aromatic heterocycles. The van der Waals surface area contributed by atoms with Crippen LogP contribution in [-0.2, 0) is 0 Å². The highest BCUT2D eigenvalue weighted by Gasteiger charge is 2.22. The first-order valence-electron chi connectivity index (χ1n) is 8.74. The van der Waals surface area contributed by atoms with Crippen LogP contribution in [0.5, 0.6) is 0 Å². The van der Waals surface area contributed by atoms with Crippen molar-refractivity contribution in [3.8, 4) is 11.3 Å². The van der Waals surface area contributed by atoms with Crippen molar-refractivity contribution in [2.45, 2.75) is 44.6 Å². The highest BCUT2D eigenvalue weighted by molar-refractivity contribution is 5.59. The molecule has 1 fully saturated rings. The summed E-state index contributed by atoms with van der Waals surface area (Å²) in [6, 6.07) is 10.0. The smallest absolute Gasteiger partial charge is 0.148 e. The van der Waals surface area contributed by atoms with E-state index < -0.39 is 0 Å². The van der Waals surface area contributed by atoms with Crippen molar-refractivity contribution in [1.29, 1.82) is 0 Å². The Morgan fingerprint density at radius 3 is 2.54 bits per heavy atom. The van der Waals surface area contributed by atoms with Gasteiger partial charge < -0.3 is 10.4 Å². The summed E-state index contributed by atoms with van der Waals surface area (Å²) in [7, 11) is 0. The van der Waals surface area contributed by atoms with Crippen molar-refractivity contribution in [2.24, 2.45) is 5.92 Å². The van der Waals surface area contributed by atoms with Gasteiger partial charge in [0.25, 0.3) is 0 Å². The normalized spacial score (nSPS) is 20.8. The number of nitrogens with zero attached hydrogens (tertiary/aromatic N) is 2. The van der Waals surface area contributed by atoms with E-state index in [9.17, 15) is 9.50 Å². The molecular formula is C19H24FN3O. The van der Waals surface area contributed by atoms with Crippen LogP contribution in [-0.4, -0.2) is 28.0 Å². The molecule has 2 unspecified atom stereocenters. The van der Waals surface area contributed by atoms with Crippen LogP contribution in [0.1, 0.15) is 38.5 Å². The van der Waals surface area contributed by atoms with E-state index in [1.807, 2.05) is 12.1 Å². The molecule has 0 aliphatic heterocycles. The number of hydrogen-bond acceptors (Lipinski definition) is 4. The summed E-state index contributed by atoms with van der Waals surface area (Å²) in [6.45, 7) is 0.827. The fourth-order valence-electron chi connectivity index (χ4n) is 3.31. The SMILES string of the molecule is OC1CCCCC1CCCNc1ccc(-c2ccc(F)cc2)nn1. The second-order valence-electron chi connectivity index (χ2n) is 6.49. The van der Waals surface area contributed by atoms with Crippen molar-refractivity contribution >= 4 is 5.82 Å². The molecule has 2 aromatic rings. The van der Waals surface area contributed by atoms with Gasteiger partial charge in [-0.3, -0.25) is 0 Å². The molecule has 5 heteroatoms. The minimum absolute atomic E-state index is 0.117. The van der Waals surface area contributed by atoms with Crippen molar-refractivity contribution < 1.29 is 9.50 Å². The summed E-state index contributed by atoms with van der Waals surface area (Å²) in [6.07, 6.45) is 6.45. The lowest BCUT2D eigenvalue weighted by molar-refractivity contribution is 0.0648. The van der Waals surface area contributed by atoms with Gasteiger partial charge in [0.2, 0.25) is 0 Å². The standard InChI is InChI=1S/C19H24FN3O/c20-16-9-7-14(8-10-16)17-11-12-19(23-22-17)21-13-3-5-15-4-1-2-6-18(15)24/h7-12,15,18,24H,1-6,13H2,(H,21,23). The topological polar surface area (TPSA) is 58.0 Å². The van der Waals surface area contributed by atoms with Crippen molar-refractivity contribution in [3.63, 3.8) is 0 Å². The predicted molar refractivity (Wildman–Crippen MR) is 93.1 cm³/mol. The predicted octanol–water partition coefficient (Wildman–Crippen LogP) is 4.03. The van der Waals surface area contributed by atoms with Gasteiger partial charge >= 0.3 is 0 Å². The molecule has 0 spiro atoms. The Morgan fingerprint density at radius 2 is 1.83 bits per heavy atom. The second kappa shape index (κ2) is 8.20. The first-order chi connectivity index (χ1) is 11.7. The summed E-state index contributed by atoms with van der Waals surface area (Å²) in [4.78, 5) is 0. The highest BCUT2D eigenvalue weighted by atomic mass is 19.1. The maximum Gasteiger partial charge on any atom is 0.148 e. The number of aromatic nitrogens is 2. The molecule has 24 heavy (non-hydrogen) atoms. The maximum absolute atomic E-state index is 12.9. The summed E-state index contributed by atoms with van der Waals surface area (Å²) < 4.78 is 12.9. The molecule has 1 aliphatic rings. The van der Waals surface area contributed by atoms with Crippen molar-refractivity contribution in [2.75, 3.05) is 11.9 Å². The average Bonchev–Trinajstić information content (AvgIpc) is 2.61. The molecule has 128 valence electrons. The Kier molecular flexibility index (Phi) is 5.75. The van der Waals surface area contributed by atoms with E-state index in [1.54, 1.807) is 12.1 Å². The Balaban J connectivity index is 1.45. The monoisotopic (exact) mass is 329 g/mol. The Morgan fingerprint density at radius 1 is 1.04 bits per heavy atom. The minimum Gasteiger partial charge on any atom is -0.393 e. The number of anilines is 1. The molecule has 1 aromatic carbocycles. The number of hydrogen-bond donors (Lipinski definition) is 2. The van der Waals surface area contributed by atoms with Crippen LogP contribution in [0, 0.1) is 11.7 Å². The molecule has 3 rings (SSSR count). The van der Waals surface area contributed by atoms with E-state index in [-0.39, 0.29) is 11.9 Å². The lowest BCUT2D eigenvalue weighted by Crippen LogP contribution is -2.24. The van der Waals surface area contributed by atoms with Gasteiger partial charge in [0.05, 0.1) is 11.8 Å². The third-order valence-electron chi connectivity index (χ3n) is 4.73. The molecule has 1 saturated carbocycles. The third-order valence-corrected chi connectivity index (χ3v) is 4.73. The van der Waals surface area contributed by atoms with Crippen molar-refractivity contribution in [1.82, 2.24) is 10.2 Å². The zero-order valence-corrected chi connectivity index (χ0v) is 13.8. The average molecular weight is 329 g/mol. The second-order valence-corrected chi connectivity index (χ2v) is 6.49. The molecule has 1 aliphatic carbocycles. The fourth-order valence-corrected chi connectivity index (χ4v) is 3.31. The Labute approximate surface area is 142 Å². The number of nitrogens with one attached hydrogen (secondary N) is 1. The molecule has 0 amide bonds. The third kappa shape index (κ3) is 4.51. The van der Waals surface area contributed by atoms with Gasteiger partial charge in [0.1, 0.15) is 11.6 Å². The Bertz CT molecular complexity index is 630. The zero-order valence-electron chi connectivity index (χ0n) is 13.8. The number of aliphatic hydroxyl groups is 1. The quantitative estimate of drug-likeness (QED) is 0.786. The Hall–Kier alpha value is -2.01. The molecule has 2 atom stereocenters. The van der Waals surface area contributed by atoms with Crippen LogP contribution in [0.2, 0.25) is 0 Å². The van der Waals surface area contributed by atoms with Gasteiger partial charge in [0, 0.05) is 12.1 Å². The molecule has 1 heterocycles. The minimum atomic E-state index is -0.256. The number of halogens is 1. The molecule has 0 saturated heterocycles. The van der Waals surface area contributed by atoms with E-state index in [1.165, 1.54) is 18.6 Å². The first-order valence-corrected chi connectivity index (χ1v) is 8.74. The van der Waals surface area contributed by atoms with Crippen LogP contribution >= 0.6 is 0 Å². The van der Waals surface area contributed by atoms with Crippen molar-refractivity contribution in [3.05, 3.63) is 42.2 Å². The number of rotatable bonds is 6.